The van der Waals surface area contributed by atoms with Crippen molar-refractivity contribution in [3.63, 3.8) is 0 Å². The SMILES string of the molecule is CCCC(C)(C)NC(=O)c1cn(CC(=O)O)nn1. The minimum absolute atomic E-state index is 0.125. The van der Waals surface area contributed by atoms with Crippen LogP contribution in [0.15, 0.2) is 6.20 Å². The van der Waals surface area contributed by atoms with Gasteiger partial charge in [-0.15, -0.1) is 5.10 Å². The highest BCUT2D eigenvalue weighted by Gasteiger charge is 2.21. The van der Waals surface area contributed by atoms with Gasteiger partial charge in [0.1, 0.15) is 6.54 Å². The van der Waals surface area contributed by atoms with Gasteiger partial charge in [-0.1, -0.05) is 18.6 Å². The van der Waals surface area contributed by atoms with Crippen molar-refractivity contribution in [2.45, 2.75) is 45.7 Å². The van der Waals surface area contributed by atoms with Crippen molar-refractivity contribution < 1.29 is 14.7 Å². The molecule has 0 aliphatic heterocycles. The molecule has 0 saturated heterocycles. The number of rotatable bonds is 6. The zero-order valence-electron chi connectivity index (χ0n) is 10.8. The van der Waals surface area contributed by atoms with E-state index in [1.165, 1.54) is 6.20 Å². The molecule has 7 nitrogen and oxygen atoms in total. The molecule has 0 bridgehead atoms. The second-order valence-corrected chi connectivity index (χ2v) is 4.78. The van der Waals surface area contributed by atoms with Gasteiger partial charge in [0.15, 0.2) is 5.69 Å². The van der Waals surface area contributed by atoms with E-state index in [2.05, 4.69) is 15.6 Å². The van der Waals surface area contributed by atoms with Crippen molar-refractivity contribution >= 4 is 11.9 Å². The van der Waals surface area contributed by atoms with E-state index in [1.807, 2.05) is 20.8 Å². The number of carbonyl (C=O) groups is 2. The Balaban J connectivity index is 2.67. The maximum atomic E-state index is 11.9. The molecule has 0 radical (unpaired) electrons. The van der Waals surface area contributed by atoms with Gasteiger partial charge in [0.2, 0.25) is 0 Å². The number of carboxylic acid groups (broad SMARTS) is 1. The highest BCUT2D eigenvalue weighted by molar-refractivity contribution is 5.92. The number of hydrogen-bond acceptors (Lipinski definition) is 4. The zero-order valence-corrected chi connectivity index (χ0v) is 10.8. The number of amides is 1. The van der Waals surface area contributed by atoms with E-state index in [0.717, 1.165) is 17.5 Å². The topological polar surface area (TPSA) is 97.1 Å². The van der Waals surface area contributed by atoms with Crippen LogP contribution < -0.4 is 5.32 Å². The van der Waals surface area contributed by atoms with Crippen molar-refractivity contribution in [1.29, 1.82) is 0 Å². The van der Waals surface area contributed by atoms with Crippen LogP contribution in [0.4, 0.5) is 0 Å². The molecule has 1 aromatic rings. The number of carbonyl (C=O) groups excluding carboxylic acids is 1. The predicted molar refractivity (Wildman–Crippen MR) is 64.1 cm³/mol. The number of nitrogens with one attached hydrogen (secondary N) is 1. The molecule has 0 aliphatic rings. The monoisotopic (exact) mass is 254 g/mol. The van der Waals surface area contributed by atoms with Crippen molar-refractivity contribution in [2.24, 2.45) is 0 Å². The summed E-state index contributed by atoms with van der Waals surface area (Å²) in [6.07, 6.45) is 3.13. The fourth-order valence-electron chi connectivity index (χ4n) is 1.68. The number of aromatic nitrogens is 3. The summed E-state index contributed by atoms with van der Waals surface area (Å²) in [5.41, 5.74) is -0.192. The van der Waals surface area contributed by atoms with Crippen LogP contribution >= 0.6 is 0 Å². The number of carboxylic acids is 1. The molecule has 0 fully saturated rings. The minimum Gasteiger partial charge on any atom is -0.480 e. The van der Waals surface area contributed by atoms with E-state index < -0.39 is 5.97 Å². The molecule has 1 aromatic heterocycles. The maximum Gasteiger partial charge on any atom is 0.325 e. The normalized spacial score (nSPS) is 11.3. The molecule has 0 aromatic carbocycles. The van der Waals surface area contributed by atoms with Crippen LogP contribution in [0.25, 0.3) is 0 Å². The summed E-state index contributed by atoms with van der Waals surface area (Å²) in [7, 11) is 0. The van der Waals surface area contributed by atoms with Gasteiger partial charge >= 0.3 is 5.97 Å². The molecule has 1 amide bonds. The molecule has 0 aliphatic carbocycles. The minimum atomic E-state index is -1.03. The molecule has 1 heterocycles. The molecular formula is C11H18N4O3. The molecule has 0 unspecified atom stereocenters. The molecule has 18 heavy (non-hydrogen) atoms. The Morgan fingerprint density at radius 2 is 2.17 bits per heavy atom. The van der Waals surface area contributed by atoms with Gasteiger partial charge in [0.05, 0.1) is 6.20 Å². The van der Waals surface area contributed by atoms with Gasteiger partial charge in [-0.2, -0.15) is 0 Å². The van der Waals surface area contributed by atoms with Gasteiger partial charge in [0.25, 0.3) is 5.91 Å². The standard InChI is InChI=1S/C11H18N4O3/c1-4-5-11(2,3)12-10(18)8-6-15(14-13-8)7-9(16)17/h6H,4-5,7H2,1-3H3,(H,12,18)(H,16,17). The third-order valence-electron chi connectivity index (χ3n) is 2.40. The van der Waals surface area contributed by atoms with Crippen LogP contribution in [0.5, 0.6) is 0 Å². The number of aliphatic carboxylic acids is 1. The van der Waals surface area contributed by atoms with Gasteiger partial charge in [-0.05, 0) is 20.3 Å². The van der Waals surface area contributed by atoms with Crippen molar-refractivity contribution in [2.75, 3.05) is 0 Å². The Morgan fingerprint density at radius 3 is 2.72 bits per heavy atom. The van der Waals surface area contributed by atoms with Crippen molar-refractivity contribution in [1.82, 2.24) is 20.3 Å². The molecule has 1 rings (SSSR count). The molecule has 0 atom stereocenters. The van der Waals surface area contributed by atoms with Crippen molar-refractivity contribution in [3.05, 3.63) is 11.9 Å². The van der Waals surface area contributed by atoms with Crippen LogP contribution in [0.1, 0.15) is 44.1 Å². The maximum absolute atomic E-state index is 11.9. The Labute approximate surface area is 105 Å². The molecular weight excluding hydrogens is 236 g/mol. The molecule has 2 N–H and O–H groups in total. The van der Waals surface area contributed by atoms with Gasteiger partial charge < -0.3 is 10.4 Å². The van der Waals surface area contributed by atoms with Crippen LogP contribution in [-0.4, -0.2) is 37.5 Å². The highest BCUT2D eigenvalue weighted by Crippen LogP contribution is 2.11. The average Bonchev–Trinajstić information content (AvgIpc) is 2.64. The summed E-state index contributed by atoms with van der Waals surface area (Å²) >= 11 is 0. The Hall–Kier alpha value is -1.92. The van der Waals surface area contributed by atoms with Gasteiger partial charge in [-0.3, -0.25) is 9.59 Å². The second-order valence-electron chi connectivity index (χ2n) is 4.78. The average molecular weight is 254 g/mol. The van der Waals surface area contributed by atoms with E-state index in [9.17, 15) is 9.59 Å². The fraction of sp³-hybridized carbons (Fsp3) is 0.636. The molecule has 100 valence electrons. The summed E-state index contributed by atoms with van der Waals surface area (Å²) in [6.45, 7) is 5.59. The molecule has 7 heteroatoms. The molecule has 0 saturated carbocycles. The summed E-state index contributed by atoms with van der Waals surface area (Å²) in [5, 5.41) is 18.6. The first kappa shape index (κ1) is 14.1. The smallest absolute Gasteiger partial charge is 0.325 e. The van der Waals surface area contributed by atoms with E-state index in [4.69, 9.17) is 5.11 Å². The van der Waals surface area contributed by atoms with E-state index in [0.29, 0.717) is 0 Å². The van der Waals surface area contributed by atoms with Crippen LogP contribution in [0.3, 0.4) is 0 Å². The second kappa shape index (κ2) is 5.61. The summed E-state index contributed by atoms with van der Waals surface area (Å²) in [5.74, 6) is -1.37. The lowest BCUT2D eigenvalue weighted by Crippen LogP contribution is -2.43. The Morgan fingerprint density at radius 1 is 1.50 bits per heavy atom. The first-order valence-electron chi connectivity index (χ1n) is 5.78. The summed E-state index contributed by atoms with van der Waals surface area (Å²) < 4.78 is 1.12. The van der Waals surface area contributed by atoms with E-state index in [-0.39, 0.29) is 23.7 Å². The largest absolute Gasteiger partial charge is 0.480 e. The first-order valence-corrected chi connectivity index (χ1v) is 5.78. The third-order valence-corrected chi connectivity index (χ3v) is 2.40. The lowest BCUT2D eigenvalue weighted by atomic mass is 9.99. The lowest BCUT2D eigenvalue weighted by Gasteiger charge is -2.25. The Kier molecular flexibility index (Phi) is 4.41. The fourth-order valence-corrected chi connectivity index (χ4v) is 1.68. The van der Waals surface area contributed by atoms with Crippen LogP contribution in [0, 0.1) is 0 Å². The Bertz CT molecular complexity index is 439. The number of hydrogen-bond donors (Lipinski definition) is 2. The summed E-state index contributed by atoms with van der Waals surface area (Å²) in [6, 6.07) is 0. The highest BCUT2D eigenvalue weighted by atomic mass is 16.4. The quantitative estimate of drug-likeness (QED) is 0.777. The van der Waals surface area contributed by atoms with E-state index in [1.54, 1.807) is 0 Å². The van der Waals surface area contributed by atoms with Gasteiger partial charge in [-0.25, -0.2) is 4.68 Å². The predicted octanol–water partition coefficient (Wildman–Crippen LogP) is 0.671. The lowest BCUT2D eigenvalue weighted by molar-refractivity contribution is -0.137. The van der Waals surface area contributed by atoms with Crippen molar-refractivity contribution in [3.8, 4) is 0 Å². The first-order chi connectivity index (χ1) is 8.34. The van der Waals surface area contributed by atoms with Gasteiger partial charge in [0, 0.05) is 5.54 Å². The summed E-state index contributed by atoms with van der Waals surface area (Å²) in [4.78, 5) is 22.3. The van der Waals surface area contributed by atoms with Crippen LogP contribution in [-0.2, 0) is 11.3 Å². The van der Waals surface area contributed by atoms with E-state index >= 15 is 0 Å². The van der Waals surface area contributed by atoms with Crippen LogP contribution in [0.2, 0.25) is 0 Å². The zero-order chi connectivity index (χ0) is 13.8. The number of nitrogens with zero attached hydrogens (tertiary/aromatic N) is 3. The molecule has 0 spiro atoms. The third kappa shape index (κ3) is 4.15.